The summed E-state index contributed by atoms with van der Waals surface area (Å²) in [6.45, 7) is 0.0888. The average molecular weight is 415 g/mol. The summed E-state index contributed by atoms with van der Waals surface area (Å²) in [5.74, 6) is -0.251. The first-order valence-corrected chi connectivity index (χ1v) is 9.65. The van der Waals surface area contributed by atoms with Gasteiger partial charge in [-0.15, -0.1) is 0 Å². The van der Waals surface area contributed by atoms with E-state index in [0.717, 1.165) is 27.2 Å². The van der Waals surface area contributed by atoms with Gasteiger partial charge in [0.1, 0.15) is 12.3 Å². The molecule has 3 aromatic carbocycles. The molecule has 0 bridgehead atoms. The van der Waals surface area contributed by atoms with Crippen molar-refractivity contribution in [2.24, 2.45) is 5.10 Å². The third kappa shape index (κ3) is 4.11. The molecule has 156 valence electrons. The predicted molar refractivity (Wildman–Crippen MR) is 120 cm³/mol. The van der Waals surface area contributed by atoms with Crippen LogP contribution in [0.25, 0.3) is 21.7 Å². The minimum atomic E-state index is -0.378. The summed E-state index contributed by atoms with van der Waals surface area (Å²) in [5.41, 5.74) is 4.60. The Labute approximate surface area is 178 Å². The van der Waals surface area contributed by atoms with Gasteiger partial charge in [0.15, 0.2) is 0 Å². The summed E-state index contributed by atoms with van der Waals surface area (Å²) in [5, 5.41) is 6.95. The maximum absolute atomic E-state index is 12.7. The number of nitrogens with zero attached hydrogens (tertiary/aromatic N) is 2. The number of ether oxygens (including phenoxy) is 2. The highest BCUT2D eigenvalue weighted by atomic mass is 16.5. The number of benzene rings is 3. The molecule has 0 fully saturated rings. The number of esters is 1. The molecule has 4 aromatic rings. The molecule has 31 heavy (non-hydrogen) atoms. The molecule has 0 unspecified atom stereocenters. The number of carbonyl (C=O) groups is 2. The molecule has 7 heteroatoms. The van der Waals surface area contributed by atoms with E-state index in [9.17, 15) is 9.59 Å². The Balaban J connectivity index is 1.59. The van der Waals surface area contributed by atoms with Crippen LogP contribution < -0.4 is 10.2 Å². The van der Waals surface area contributed by atoms with E-state index in [1.54, 1.807) is 23.0 Å². The molecule has 4 rings (SSSR count). The van der Waals surface area contributed by atoms with Crippen molar-refractivity contribution in [2.75, 3.05) is 14.2 Å². The number of nitrogens with one attached hydrogen (secondary N) is 1. The molecule has 0 spiro atoms. The SMILES string of the molecule is COC(=O)Cn1cc(/C=N\NC(=O)c2cc3ccccc3cc2OC)c2ccccc21. The lowest BCUT2D eigenvalue weighted by atomic mass is 10.1. The van der Waals surface area contributed by atoms with Gasteiger partial charge < -0.3 is 14.0 Å². The summed E-state index contributed by atoms with van der Waals surface area (Å²) in [7, 11) is 2.88. The molecular weight excluding hydrogens is 394 g/mol. The smallest absolute Gasteiger partial charge is 0.325 e. The van der Waals surface area contributed by atoms with Crippen molar-refractivity contribution in [1.82, 2.24) is 9.99 Å². The number of hydrazone groups is 1. The number of carbonyl (C=O) groups excluding carboxylic acids is 2. The fourth-order valence-electron chi connectivity index (χ4n) is 3.50. The molecule has 1 amide bonds. The van der Waals surface area contributed by atoms with Crippen molar-refractivity contribution >= 4 is 39.8 Å². The van der Waals surface area contributed by atoms with Crippen molar-refractivity contribution in [1.29, 1.82) is 0 Å². The van der Waals surface area contributed by atoms with E-state index in [-0.39, 0.29) is 18.4 Å². The Bertz CT molecular complexity index is 1310. The van der Waals surface area contributed by atoms with Crippen LogP contribution in [-0.2, 0) is 16.1 Å². The van der Waals surface area contributed by atoms with E-state index < -0.39 is 0 Å². The highest BCUT2D eigenvalue weighted by molar-refractivity contribution is 6.03. The van der Waals surface area contributed by atoms with Crippen molar-refractivity contribution in [3.05, 3.63) is 78.0 Å². The van der Waals surface area contributed by atoms with Gasteiger partial charge in [-0.3, -0.25) is 9.59 Å². The van der Waals surface area contributed by atoms with Crippen LogP contribution in [0.1, 0.15) is 15.9 Å². The summed E-state index contributed by atoms with van der Waals surface area (Å²) in [6, 6.07) is 19.0. The second-order valence-electron chi connectivity index (χ2n) is 6.90. The maximum Gasteiger partial charge on any atom is 0.325 e. The van der Waals surface area contributed by atoms with Crippen molar-refractivity contribution < 1.29 is 19.1 Å². The highest BCUT2D eigenvalue weighted by Crippen LogP contribution is 2.26. The maximum atomic E-state index is 12.7. The molecule has 0 aliphatic heterocycles. The lowest BCUT2D eigenvalue weighted by molar-refractivity contribution is -0.141. The first-order chi connectivity index (χ1) is 15.1. The molecule has 0 saturated heterocycles. The standard InChI is InChI=1S/C24H21N3O4/c1-30-22-12-17-8-4-3-7-16(17)11-20(22)24(29)26-25-13-18-14-27(15-23(28)31-2)21-10-6-5-9-19(18)21/h3-14H,15H2,1-2H3,(H,26,29)/b25-13-. The molecule has 1 N–H and O–H groups in total. The monoisotopic (exact) mass is 415 g/mol. The Morgan fingerprint density at radius 3 is 2.48 bits per heavy atom. The van der Waals surface area contributed by atoms with E-state index in [2.05, 4.69) is 10.5 Å². The molecule has 0 atom stereocenters. The second kappa shape index (κ2) is 8.71. The molecule has 0 saturated carbocycles. The van der Waals surface area contributed by atoms with Gasteiger partial charge in [-0.2, -0.15) is 5.10 Å². The number of rotatable bonds is 6. The van der Waals surface area contributed by atoms with Gasteiger partial charge in [0, 0.05) is 22.7 Å². The normalized spacial score (nSPS) is 11.2. The molecular formula is C24H21N3O4. The van der Waals surface area contributed by atoms with Crippen LogP contribution in [0.15, 0.2) is 72.0 Å². The van der Waals surface area contributed by atoms with E-state index >= 15 is 0 Å². The number of hydrogen-bond donors (Lipinski definition) is 1. The van der Waals surface area contributed by atoms with Crippen LogP contribution in [-0.4, -0.2) is 36.9 Å². The van der Waals surface area contributed by atoms with Crippen LogP contribution in [0, 0.1) is 0 Å². The van der Waals surface area contributed by atoms with Crippen LogP contribution in [0.5, 0.6) is 5.75 Å². The van der Waals surface area contributed by atoms with Crippen molar-refractivity contribution in [3.8, 4) is 5.75 Å². The molecule has 7 nitrogen and oxygen atoms in total. The second-order valence-corrected chi connectivity index (χ2v) is 6.90. The molecule has 1 heterocycles. The third-order valence-electron chi connectivity index (χ3n) is 5.03. The number of aromatic nitrogens is 1. The molecule has 0 aliphatic rings. The van der Waals surface area contributed by atoms with Gasteiger partial charge in [0.2, 0.25) is 0 Å². The van der Waals surface area contributed by atoms with Gasteiger partial charge in [0.25, 0.3) is 5.91 Å². The van der Waals surface area contributed by atoms with E-state index in [4.69, 9.17) is 9.47 Å². The average Bonchev–Trinajstić information content (AvgIpc) is 3.15. The summed E-state index contributed by atoms with van der Waals surface area (Å²) >= 11 is 0. The van der Waals surface area contributed by atoms with Crippen LogP contribution >= 0.6 is 0 Å². The van der Waals surface area contributed by atoms with Gasteiger partial charge >= 0.3 is 5.97 Å². The summed E-state index contributed by atoms with van der Waals surface area (Å²) < 4.78 is 11.9. The topological polar surface area (TPSA) is 81.9 Å². The van der Waals surface area contributed by atoms with Crippen molar-refractivity contribution in [2.45, 2.75) is 6.54 Å². The third-order valence-corrected chi connectivity index (χ3v) is 5.03. The number of fused-ring (bicyclic) bond motifs is 2. The van der Waals surface area contributed by atoms with Crippen LogP contribution in [0.2, 0.25) is 0 Å². The lowest BCUT2D eigenvalue weighted by Gasteiger charge is -2.09. The van der Waals surface area contributed by atoms with Gasteiger partial charge in [0.05, 0.1) is 26.0 Å². The fraction of sp³-hybridized carbons (Fsp3) is 0.125. The number of amides is 1. The van der Waals surface area contributed by atoms with Crippen molar-refractivity contribution in [3.63, 3.8) is 0 Å². The molecule has 0 aliphatic carbocycles. The molecule has 0 radical (unpaired) electrons. The Kier molecular flexibility index (Phi) is 5.66. The quantitative estimate of drug-likeness (QED) is 0.295. The first-order valence-electron chi connectivity index (χ1n) is 9.65. The Morgan fingerprint density at radius 1 is 1.03 bits per heavy atom. The van der Waals surface area contributed by atoms with E-state index in [1.807, 2.05) is 54.6 Å². The van der Waals surface area contributed by atoms with Gasteiger partial charge in [-0.25, -0.2) is 5.43 Å². The van der Waals surface area contributed by atoms with Crippen LogP contribution in [0.4, 0.5) is 0 Å². The zero-order chi connectivity index (χ0) is 21.8. The fourth-order valence-corrected chi connectivity index (χ4v) is 3.50. The van der Waals surface area contributed by atoms with Gasteiger partial charge in [-0.1, -0.05) is 42.5 Å². The number of para-hydroxylation sites is 1. The minimum Gasteiger partial charge on any atom is -0.496 e. The zero-order valence-corrected chi connectivity index (χ0v) is 17.2. The van der Waals surface area contributed by atoms with Crippen LogP contribution in [0.3, 0.4) is 0 Å². The zero-order valence-electron chi connectivity index (χ0n) is 17.2. The Morgan fingerprint density at radius 2 is 1.74 bits per heavy atom. The Hall–Kier alpha value is -4.13. The largest absolute Gasteiger partial charge is 0.496 e. The lowest BCUT2D eigenvalue weighted by Crippen LogP contribution is -2.18. The predicted octanol–water partition coefficient (Wildman–Crippen LogP) is 3.74. The van der Waals surface area contributed by atoms with Gasteiger partial charge in [-0.05, 0) is 29.0 Å². The summed E-state index contributed by atoms with van der Waals surface area (Å²) in [6.07, 6.45) is 3.36. The first kappa shape index (κ1) is 20.2. The minimum absolute atomic E-state index is 0.0888. The highest BCUT2D eigenvalue weighted by Gasteiger charge is 2.14. The number of hydrogen-bond acceptors (Lipinski definition) is 5. The summed E-state index contributed by atoms with van der Waals surface area (Å²) in [4.78, 5) is 24.4. The number of methoxy groups -OCH3 is 2. The van der Waals surface area contributed by atoms with E-state index in [0.29, 0.717) is 11.3 Å². The molecule has 1 aromatic heterocycles. The van der Waals surface area contributed by atoms with E-state index in [1.165, 1.54) is 14.2 Å².